The second-order valence-corrected chi connectivity index (χ2v) is 11.2. The number of ketones is 1. The number of benzene rings is 1. The van der Waals surface area contributed by atoms with Crippen molar-refractivity contribution in [3.63, 3.8) is 0 Å². The first-order valence-electron chi connectivity index (χ1n) is 14.4. The molecule has 1 atom stereocenters. The summed E-state index contributed by atoms with van der Waals surface area (Å²) in [7, 11) is 0. The summed E-state index contributed by atoms with van der Waals surface area (Å²) >= 11 is 0. The molecular weight excluding hydrogens is 452 g/mol. The molecule has 1 aliphatic heterocycles. The molecule has 0 radical (unpaired) electrons. The van der Waals surface area contributed by atoms with Crippen molar-refractivity contribution in [2.75, 3.05) is 32.7 Å². The summed E-state index contributed by atoms with van der Waals surface area (Å²) in [6, 6.07) is 10.6. The molecule has 1 aliphatic rings. The second kappa shape index (κ2) is 17.3. The minimum Gasteiger partial charge on any atom is -0.298 e. The van der Waals surface area contributed by atoms with Crippen molar-refractivity contribution < 1.29 is 4.79 Å². The van der Waals surface area contributed by atoms with Crippen molar-refractivity contribution in [3.8, 4) is 0 Å². The monoisotopic (exact) mass is 504 g/mol. The van der Waals surface area contributed by atoms with E-state index in [1.807, 2.05) is 0 Å². The van der Waals surface area contributed by atoms with Crippen LogP contribution in [-0.4, -0.2) is 54.3 Å². The van der Waals surface area contributed by atoms with Gasteiger partial charge in [-0.3, -0.25) is 14.6 Å². The number of hydrogen-bond donors (Lipinski definition) is 0. The van der Waals surface area contributed by atoms with Gasteiger partial charge in [0.15, 0.2) is 0 Å². The number of carbonyl (C=O) groups excluding carboxylic acids is 1. The molecule has 1 aromatic carbocycles. The van der Waals surface area contributed by atoms with Gasteiger partial charge in [-0.2, -0.15) is 0 Å². The highest BCUT2D eigenvalue weighted by molar-refractivity contribution is 5.81. The van der Waals surface area contributed by atoms with Crippen molar-refractivity contribution in [1.29, 1.82) is 0 Å². The van der Waals surface area contributed by atoms with Gasteiger partial charge in [-0.05, 0) is 92.1 Å². The minimum atomic E-state index is 0.0154. The first-order chi connectivity index (χ1) is 17.7. The number of rotatable bonds is 15. The standard InChI is InChI=1S/C34H52N2O/c1-28(2)13-10-14-29(3)15-11-16-30(4)17-12-18-31(5)21-23-35-25-26-36(34(27-35)32(6)37)24-22-33-19-8-7-9-20-33/h7-9,13,15,17,19-21,34H,10-12,14,16,18,22-27H2,1-6H3/b29-15+,30-17+,31-21+. The maximum atomic E-state index is 12.4. The summed E-state index contributed by atoms with van der Waals surface area (Å²) in [5.41, 5.74) is 7.21. The highest BCUT2D eigenvalue weighted by atomic mass is 16.1. The summed E-state index contributed by atoms with van der Waals surface area (Å²) < 4.78 is 0. The first kappa shape index (κ1) is 31.0. The Labute approximate surface area is 228 Å². The van der Waals surface area contributed by atoms with Crippen LogP contribution in [0.15, 0.2) is 76.9 Å². The Balaban J connectivity index is 1.70. The Morgan fingerprint density at radius 1 is 0.784 bits per heavy atom. The van der Waals surface area contributed by atoms with E-state index in [1.165, 1.54) is 34.3 Å². The molecule has 0 bridgehead atoms. The number of piperazine rings is 1. The molecule has 0 aromatic heterocycles. The molecule has 0 spiro atoms. The summed E-state index contributed by atoms with van der Waals surface area (Å²) in [5.74, 6) is 0.289. The van der Waals surface area contributed by atoms with E-state index in [0.717, 1.165) is 71.2 Å². The van der Waals surface area contributed by atoms with Crippen LogP contribution in [0.2, 0.25) is 0 Å². The predicted molar refractivity (Wildman–Crippen MR) is 161 cm³/mol. The fraction of sp³-hybridized carbons (Fsp3) is 0.559. The molecule has 3 nitrogen and oxygen atoms in total. The molecule has 37 heavy (non-hydrogen) atoms. The van der Waals surface area contributed by atoms with E-state index in [0.29, 0.717) is 0 Å². The highest BCUT2D eigenvalue weighted by Crippen LogP contribution is 2.16. The highest BCUT2D eigenvalue weighted by Gasteiger charge is 2.29. The van der Waals surface area contributed by atoms with Gasteiger partial charge in [-0.25, -0.2) is 0 Å². The normalized spacial score (nSPS) is 18.2. The van der Waals surface area contributed by atoms with E-state index < -0.39 is 0 Å². The lowest BCUT2D eigenvalue weighted by molar-refractivity contribution is -0.124. The van der Waals surface area contributed by atoms with E-state index in [-0.39, 0.29) is 11.8 Å². The maximum absolute atomic E-state index is 12.4. The SMILES string of the molecule is CC(=O)C1CN(C/C=C(\C)CC/C=C(\C)CC/C=C(\C)CCC=C(C)C)CCN1CCc1ccccc1. The smallest absolute Gasteiger partial charge is 0.148 e. The van der Waals surface area contributed by atoms with Crippen molar-refractivity contribution in [3.05, 3.63) is 82.5 Å². The van der Waals surface area contributed by atoms with E-state index in [2.05, 4.69) is 99.1 Å². The molecule has 204 valence electrons. The zero-order chi connectivity index (χ0) is 27.0. The number of carbonyl (C=O) groups is 1. The second-order valence-electron chi connectivity index (χ2n) is 11.2. The molecule has 1 heterocycles. The minimum absolute atomic E-state index is 0.0154. The molecule has 0 saturated carbocycles. The third-order valence-electron chi connectivity index (χ3n) is 7.43. The average molecular weight is 505 g/mol. The number of nitrogens with zero attached hydrogens (tertiary/aromatic N) is 2. The van der Waals surface area contributed by atoms with Crippen LogP contribution in [-0.2, 0) is 11.2 Å². The van der Waals surface area contributed by atoms with Crippen LogP contribution in [0.5, 0.6) is 0 Å². The Morgan fingerprint density at radius 2 is 1.35 bits per heavy atom. The van der Waals surface area contributed by atoms with Gasteiger partial charge >= 0.3 is 0 Å². The van der Waals surface area contributed by atoms with Gasteiger partial charge in [-0.1, -0.05) is 76.9 Å². The summed E-state index contributed by atoms with van der Waals surface area (Å²) in [6.07, 6.45) is 17.4. The Hall–Kier alpha value is -2.23. The van der Waals surface area contributed by atoms with Gasteiger partial charge < -0.3 is 0 Å². The molecular formula is C34H52N2O. The number of hydrogen-bond acceptors (Lipinski definition) is 3. The maximum Gasteiger partial charge on any atom is 0.148 e. The molecule has 1 aromatic rings. The zero-order valence-corrected chi connectivity index (χ0v) is 24.6. The van der Waals surface area contributed by atoms with E-state index >= 15 is 0 Å². The molecule has 0 amide bonds. The van der Waals surface area contributed by atoms with Gasteiger partial charge in [0, 0.05) is 32.7 Å². The largest absolute Gasteiger partial charge is 0.298 e. The predicted octanol–water partition coefficient (Wildman–Crippen LogP) is 7.95. The van der Waals surface area contributed by atoms with Gasteiger partial charge in [0.05, 0.1) is 6.04 Å². The number of Topliss-reactive ketones (excluding diaryl/α,β-unsaturated/α-hetero) is 1. The molecule has 1 saturated heterocycles. The topological polar surface area (TPSA) is 23.6 Å². The molecule has 2 rings (SSSR count). The zero-order valence-electron chi connectivity index (χ0n) is 24.6. The van der Waals surface area contributed by atoms with Crippen LogP contribution in [0.1, 0.15) is 85.6 Å². The lowest BCUT2D eigenvalue weighted by atomic mass is 10.0. The van der Waals surface area contributed by atoms with Gasteiger partial charge in [0.1, 0.15) is 5.78 Å². The third kappa shape index (κ3) is 13.2. The van der Waals surface area contributed by atoms with Gasteiger partial charge in [0.2, 0.25) is 0 Å². The fourth-order valence-corrected chi connectivity index (χ4v) is 4.89. The Morgan fingerprint density at radius 3 is 1.92 bits per heavy atom. The van der Waals surface area contributed by atoms with Crippen LogP contribution in [0, 0.1) is 0 Å². The fourth-order valence-electron chi connectivity index (χ4n) is 4.89. The van der Waals surface area contributed by atoms with Crippen molar-refractivity contribution >= 4 is 5.78 Å². The van der Waals surface area contributed by atoms with Crippen LogP contribution in [0.25, 0.3) is 0 Å². The number of allylic oxidation sites excluding steroid dienone is 7. The Kier molecular flexibility index (Phi) is 14.5. The summed E-state index contributed by atoms with van der Waals surface area (Å²) in [4.78, 5) is 17.2. The van der Waals surface area contributed by atoms with Crippen molar-refractivity contribution in [1.82, 2.24) is 9.80 Å². The summed E-state index contributed by atoms with van der Waals surface area (Å²) in [6.45, 7) is 17.6. The van der Waals surface area contributed by atoms with E-state index in [1.54, 1.807) is 6.92 Å². The molecule has 0 N–H and O–H groups in total. The van der Waals surface area contributed by atoms with Crippen LogP contribution >= 0.6 is 0 Å². The molecule has 1 unspecified atom stereocenters. The van der Waals surface area contributed by atoms with Crippen LogP contribution in [0.4, 0.5) is 0 Å². The van der Waals surface area contributed by atoms with Crippen LogP contribution in [0.3, 0.4) is 0 Å². The lowest BCUT2D eigenvalue weighted by Gasteiger charge is -2.40. The average Bonchev–Trinajstić information content (AvgIpc) is 2.86. The summed E-state index contributed by atoms with van der Waals surface area (Å²) in [5, 5.41) is 0. The molecule has 0 aliphatic carbocycles. The Bertz CT molecular complexity index is 934. The van der Waals surface area contributed by atoms with E-state index in [9.17, 15) is 4.79 Å². The molecule has 1 fully saturated rings. The van der Waals surface area contributed by atoms with Crippen LogP contribution < -0.4 is 0 Å². The van der Waals surface area contributed by atoms with Gasteiger partial charge in [-0.15, -0.1) is 0 Å². The lowest BCUT2D eigenvalue weighted by Crippen LogP contribution is -2.56. The third-order valence-corrected chi connectivity index (χ3v) is 7.43. The van der Waals surface area contributed by atoms with Crippen molar-refractivity contribution in [2.24, 2.45) is 0 Å². The first-order valence-corrected chi connectivity index (χ1v) is 14.4. The molecule has 3 heteroatoms. The quantitative estimate of drug-likeness (QED) is 0.226. The van der Waals surface area contributed by atoms with E-state index in [4.69, 9.17) is 0 Å². The van der Waals surface area contributed by atoms with Gasteiger partial charge in [0.25, 0.3) is 0 Å². The van der Waals surface area contributed by atoms with Crippen molar-refractivity contribution in [2.45, 2.75) is 92.5 Å².